The number of hydrogen-bond donors (Lipinski definition) is 1. The summed E-state index contributed by atoms with van der Waals surface area (Å²) in [5.74, 6) is 1.15. The number of carbonyl (C=O) groups excluding carboxylic acids is 1. The lowest BCUT2D eigenvalue weighted by Gasteiger charge is -2.10. The molecular weight excluding hydrogens is 492 g/mol. The number of rotatable bonds is 5. The van der Waals surface area contributed by atoms with E-state index in [1.165, 1.54) is 4.88 Å². The molecule has 0 unspecified atom stereocenters. The maximum absolute atomic E-state index is 12.9. The molecule has 4 heterocycles. The molecule has 178 valence electrons. The Hall–Kier alpha value is -3.88. The number of nitrogens with one attached hydrogen (secondary N) is 1. The van der Waals surface area contributed by atoms with Crippen molar-refractivity contribution in [3.05, 3.63) is 105 Å². The van der Waals surface area contributed by atoms with Gasteiger partial charge in [-0.15, -0.1) is 21.5 Å². The molecule has 5 aromatic rings. The molecule has 0 radical (unpaired) electrons. The van der Waals surface area contributed by atoms with Gasteiger partial charge in [-0.1, -0.05) is 54.9 Å². The van der Waals surface area contributed by atoms with Gasteiger partial charge < -0.3 is 5.32 Å². The van der Waals surface area contributed by atoms with E-state index >= 15 is 0 Å². The zero-order chi connectivity index (χ0) is 24.6. The molecule has 0 fully saturated rings. The van der Waals surface area contributed by atoms with Crippen molar-refractivity contribution in [2.45, 2.75) is 26.4 Å². The minimum Gasteiger partial charge on any atom is -0.345 e. The number of carbonyl (C=O) groups is 1. The molecule has 0 saturated heterocycles. The van der Waals surface area contributed by atoms with Crippen LogP contribution in [0, 0.1) is 0 Å². The van der Waals surface area contributed by atoms with Crippen molar-refractivity contribution in [3.8, 4) is 5.00 Å². The van der Waals surface area contributed by atoms with Crippen LogP contribution in [0.15, 0.2) is 71.9 Å². The van der Waals surface area contributed by atoms with Crippen LogP contribution in [0.2, 0.25) is 5.02 Å². The van der Waals surface area contributed by atoms with E-state index in [-0.39, 0.29) is 12.5 Å². The van der Waals surface area contributed by atoms with Crippen LogP contribution < -0.4 is 5.32 Å². The molecule has 2 aromatic carbocycles. The first-order chi connectivity index (χ1) is 17.6. The number of aliphatic imine (C=N–C) groups is 1. The zero-order valence-corrected chi connectivity index (χ0v) is 21.0. The Morgan fingerprint density at radius 1 is 1.08 bits per heavy atom. The zero-order valence-electron chi connectivity index (χ0n) is 19.4. The van der Waals surface area contributed by atoms with E-state index in [0.29, 0.717) is 23.0 Å². The Balaban J connectivity index is 1.33. The van der Waals surface area contributed by atoms with Crippen molar-refractivity contribution >= 4 is 45.5 Å². The highest BCUT2D eigenvalue weighted by Gasteiger charge is 2.26. The number of aromatic nitrogens is 4. The third-order valence-corrected chi connectivity index (χ3v) is 7.73. The first-order valence-electron chi connectivity index (χ1n) is 11.6. The number of nitrogens with zero attached hydrogens (tertiary/aromatic N) is 5. The van der Waals surface area contributed by atoms with Crippen LogP contribution >= 0.6 is 22.9 Å². The van der Waals surface area contributed by atoms with Crippen LogP contribution in [-0.2, 0) is 19.5 Å². The van der Waals surface area contributed by atoms with Crippen LogP contribution in [0.1, 0.15) is 44.9 Å². The smallest absolute Gasteiger partial charge is 0.253 e. The Labute approximate surface area is 216 Å². The second kappa shape index (κ2) is 9.29. The van der Waals surface area contributed by atoms with Gasteiger partial charge in [0.25, 0.3) is 5.91 Å². The lowest BCUT2D eigenvalue weighted by Crippen LogP contribution is -2.25. The van der Waals surface area contributed by atoms with Crippen LogP contribution in [0.25, 0.3) is 15.9 Å². The molecular formula is C27H21ClN6OS. The first kappa shape index (κ1) is 22.6. The maximum atomic E-state index is 12.9. The SMILES string of the molecule is CCc1cc2c(s1)-n1c(nnc1CNC(=O)c1cnc3ccccc3c1)CN=C2c1ccccc1Cl. The van der Waals surface area contributed by atoms with Gasteiger partial charge >= 0.3 is 0 Å². The molecule has 9 heteroatoms. The molecule has 1 amide bonds. The normalized spacial score (nSPS) is 12.6. The second-order valence-corrected chi connectivity index (χ2v) is 9.92. The Morgan fingerprint density at radius 2 is 1.92 bits per heavy atom. The minimum atomic E-state index is -0.215. The van der Waals surface area contributed by atoms with E-state index in [9.17, 15) is 4.79 Å². The van der Waals surface area contributed by atoms with E-state index in [1.54, 1.807) is 17.5 Å². The topological polar surface area (TPSA) is 85.1 Å². The third kappa shape index (κ3) is 3.98. The van der Waals surface area contributed by atoms with E-state index in [1.807, 2.05) is 59.2 Å². The fraction of sp³-hybridized carbons (Fsp3) is 0.148. The van der Waals surface area contributed by atoms with Crippen molar-refractivity contribution in [2.75, 3.05) is 0 Å². The number of fused-ring (bicyclic) bond motifs is 4. The first-order valence-corrected chi connectivity index (χ1v) is 12.8. The van der Waals surface area contributed by atoms with Gasteiger partial charge in [0, 0.05) is 32.6 Å². The highest BCUT2D eigenvalue weighted by molar-refractivity contribution is 7.15. The molecule has 1 N–H and O–H groups in total. The van der Waals surface area contributed by atoms with Gasteiger partial charge in [-0.2, -0.15) is 0 Å². The van der Waals surface area contributed by atoms with Gasteiger partial charge in [0.1, 0.15) is 11.5 Å². The number of pyridine rings is 1. The van der Waals surface area contributed by atoms with Crippen molar-refractivity contribution in [3.63, 3.8) is 0 Å². The van der Waals surface area contributed by atoms with E-state index in [4.69, 9.17) is 16.6 Å². The average Bonchev–Trinajstić information content (AvgIpc) is 3.48. The summed E-state index contributed by atoms with van der Waals surface area (Å²) in [4.78, 5) is 23.5. The summed E-state index contributed by atoms with van der Waals surface area (Å²) in [6.07, 6.45) is 2.49. The van der Waals surface area contributed by atoms with Crippen LogP contribution in [0.4, 0.5) is 0 Å². The summed E-state index contributed by atoms with van der Waals surface area (Å²) >= 11 is 8.23. The monoisotopic (exact) mass is 512 g/mol. The molecule has 0 aliphatic carbocycles. The van der Waals surface area contributed by atoms with Gasteiger partial charge in [-0.25, -0.2) is 0 Å². The van der Waals surface area contributed by atoms with Crippen molar-refractivity contribution < 1.29 is 4.79 Å². The fourth-order valence-corrected chi connectivity index (χ4v) is 5.68. The Kier molecular flexibility index (Phi) is 5.83. The summed E-state index contributed by atoms with van der Waals surface area (Å²) in [6, 6.07) is 19.5. The predicted octanol–water partition coefficient (Wildman–Crippen LogP) is 5.37. The molecule has 0 spiro atoms. The number of amides is 1. The Morgan fingerprint density at radius 3 is 2.78 bits per heavy atom. The van der Waals surface area contributed by atoms with E-state index in [2.05, 4.69) is 33.5 Å². The number of thiophene rings is 1. The molecule has 7 nitrogen and oxygen atoms in total. The summed E-state index contributed by atoms with van der Waals surface area (Å²) in [6.45, 7) is 2.71. The Bertz CT molecular complexity index is 1650. The summed E-state index contributed by atoms with van der Waals surface area (Å²) < 4.78 is 2.02. The summed E-state index contributed by atoms with van der Waals surface area (Å²) in [5, 5.41) is 14.3. The average molecular weight is 513 g/mol. The molecule has 0 atom stereocenters. The highest BCUT2D eigenvalue weighted by Crippen LogP contribution is 2.34. The number of hydrogen-bond acceptors (Lipinski definition) is 6. The lowest BCUT2D eigenvalue weighted by atomic mass is 10.0. The summed E-state index contributed by atoms with van der Waals surface area (Å²) in [5.41, 5.74) is 4.07. The molecule has 3 aromatic heterocycles. The standard InChI is InChI=1S/C27H21ClN6OS/c1-2-18-12-20-25(19-8-4-5-9-21(19)28)30-14-23-32-33-24(34(23)27(20)36-18)15-31-26(35)17-11-16-7-3-6-10-22(16)29-13-17/h3-13H,2,14-15H2,1H3,(H,31,35). The summed E-state index contributed by atoms with van der Waals surface area (Å²) in [7, 11) is 0. The molecule has 0 saturated carbocycles. The van der Waals surface area contributed by atoms with Gasteiger partial charge in [0.2, 0.25) is 0 Å². The number of halogens is 1. The van der Waals surface area contributed by atoms with Crippen molar-refractivity contribution in [2.24, 2.45) is 4.99 Å². The van der Waals surface area contributed by atoms with Crippen molar-refractivity contribution in [1.82, 2.24) is 25.1 Å². The molecule has 0 bridgehead atoms. The van der Waals surface area contributed by atoms with Crippen LogP contribution in [-0.4, -0.2) is 31.4 Å². The maximum Gasteiger partial charge on any atom is 0.253 e. The molecule has 6 rings (SSSR count). The molecule has 1 aliphatic rings. The van der Waals surface area contributed by atoms with Gasteiger partial charge in [0.05, 0.1) is 23.3 Å². The number of para-hydroxylation sites is 1. The number of benzene rings is 2. The van der Waals surface area contributed by atoms with Crippen LogP contribution in [0.3, 0.4) is 0 Å². The highest BCUT2D eigenvalue weighted by atomic mass is 35.5. The second-order valence-electron chi connectivity index (χ2n) is 8.40. The lowest BCUT2D eigenvalue weighted by molar-refractivity contribution is 0.0949. The van der Waals surface area contributed by atoms with E-state index < -0.39 is 0 Å². The fourth-order valence-electron chi connectivity index (χ4n) is 4.32. The van der Waals surface area contributed by atoms with Gasteiger partial charge in [-0.3, -0.25) is 19.3 Å². The molecule has 36 heavy (non-hydrogen) atoms. The minimum absolute atomic E-state index is 0.215. The quantitative estimate of drug-likeness (QED) is 0.343. The molecule has 1 aliphatic heterocycles. The van der Waals surface area contributed by atoms with Crippen molar-refractivity contribution in [1.29, 1.82) is 0 Å². The van der Waals surface area contributed by atoms with Gasteiger partial charge in [-0.05, 0) is 30.7 Å². The predicted molar refractivity (Wildman–Crippen MR) is 142 cm³/mol. The largest absolute Gasteiger partial charge is 0.345 e. The third-order valence-electron chi connectivity index (χ3n) is 6.13. The van der Waals surface area contributed by atoms with Gasteiger partial charge in [0.15, 0.2) is 11.6 Å². The van der Waals surface area contributed by atoms with E-state index in [0.717, 1.165) is 45.0 Å². The number of aryl methyl sites for hydroxylation is 1. The van der Waals surface area contributed by atoms with Crippen LogP contribution in [0.5, 0.6) is 0 Å².